The van der Waals surface area contributed by atoms with E-state index in [1.165, 1.54) is 7.11 Å². The fourth-order valence-electron chi connectivity index (χ4n) is 2.62. The molecule has 1 saturated heterocycles. The van der Waals surface area contributed by atoms with Gasteiger partial charge in [-0.3, -0.25) is 10.1 Å². The average Bonchev–Trinajstić information content (AvgIpc) is 2.93. The maximum absolute atomic E-state index is 11.3. The van der Waals surface area contributed by atoms with E-state index in [1.807, 2.05) is 6.92 Å². The van der Waals surface area contributed by atoms with Gasteiger partial charge in [0.05, 0.1) is 12.0 Å². The highest BCUT2D eigenvalue weighted by atomic mass is 16.6. The van der Waals surface area contributed by atoms with Crippen molar-refractivity contribution in [2.45, 2.75) is 19.4 Å². The van der Waals surface area contributed by atoms with Crippen molar-refractivity contribution in [2.24, 2.45) is 0 Å². The van der Waals surface area contributed by atoms with Crippen molar-refractivity contribution in [3.63, 3.8) is 0 Å². The molecule has 0 spiro atoms. The number of anilines is 1. The van der Waals surface area contributed by atoms with E-state index < -0.39 is 0 Å². The zero-order valence-electron chi connectivity index (χ0n) is 11.3. The number of nitro groups is 1. The largest absolute Gasteiger partial charge is 0.490 e. The van der Waals surface area contributed by atoms with Crippen LogP contribution in [0.1, 0.15) is 13.3 Å². The lowest BCUT2D eigenvalue weighted by molar-refractivity contribution is -0.385. The lowest BCUT2D eigenvalue weighted by atomic mass is 10.1. The van der Waals surface area contributed by atoms with E-state index in [2.05, 4.69) is 10.2 Å². The lowest BCUT2D eigenvalue weighted by Crippen LogP contribution is -2.37. The second kappa shape index (κ2) is 5.88. The summed E-state index contributed by atoms with van der Waals surface area (Å²) in [5, 5.41) is 14.6. The molecule has 104 valence electrons. The summed E-state index contributed by atoms with van der Waals surface area (Å²) in [5.41, 5.74) is 0.694. The van der Waals surface area contributed by atoms with Crippen molar-refractivity contribution in [2.75, 3.05) is 31.6 Å². The third-order valence-corrected chi connectivity index (χ3v) is 3.51. The second-order valence-electron chi connectivity index (χ2n) is 4.52. The third-order valence-electron chi connectivity index (χ3n) is 3.51. The molecule has 6 nitrogen and oxygen atoms in total. The summed E-state index contributed by atoms with van der Waals surface area (Å²) < 4.78 is 5.12. The first-order chi connectivity index (χ1) is 9.19. The van der Waals surface area contributed by atoms with E-state index >= 15 is 0 Å². The van der Waals surface area contributed by atoms with E-state index in [4.69, 9.17) is 4.74 Å². The maximum Gasteiger partial charge on any atom is 0.333 e. The van der Waals surface area contributed by atoms with Gasteiger partial charge < -0.3 is 15.0 Å². The highest BCUT2D eigenvalue weighted by Gasteiger charge is 2.29. The second-order valence-corrected chi connectivity index (χ2v) is 4.52. The first-order valence-electron chi connectivity index (χ1n) is 6.47. The molecule has 0 aromatic heterocycles. The van der Waals surface area contributed by atoms with Crippen molar-refractivity contribution < 1.29 is 9.66 Å². The Morgan fingerprint density at radius 2 is 2.37 bits per heavy atom. The Bertz CT molecular complexity index is 458. The Kier molecular flexibility index (Phi) is 4.21. The van der Waals surface area contributed by atoms with Crippen LogP contribution in [0.2, 0.25) is 0 Å². The Labute approximate surface area is 112 Å². The predicted molar refractivity (Wildman–Crippen MR) is 73.9 cm³/mol. The molecule has 1 aromatic rings. The molecule has 1 aromatic carbocycles. The number of para-hydroxylation sites is 1. The SMILES string of the molecule is CCN(c1cccc(OC)c1[N+](=O)[O-])C1CCNC1. The van der Waals surface area contributed by atoms with Gasteiger partial charge in [0, 0.05) is 19.1 Å². The summed E-state index contributed by atoms with van der Waals surface area (Å²) in [4.78, 5) is 13.0. The fraction of sp³-hybridized carbons (Fsp3) is 0.538. The van der Waals surface area contributed by atoms with Crippen molar-refractivity contribution in [1.29, 1.82) is 0 Å². The molecule has 0 radical (unpaired) electrons. The van der Waals surface area contributed by atoms with E-state index in [9.17, 15) is 10.1 Å². The summed E-state index contributed by atoms with van der Waals surface area (Å²) in [6.07, 6.45) is 1.00. The first kappa shape index (κ1) is 13.6. The minimum absolute atomic E-state index is 0.0544. The monoisotopic (exact) mass is 265 g/mol. The van der Waals surface area contributed by atoms with Crippen LogP contribution in [0.5, 0.6) is 5.75 Å². The normalized spacial score (nSPS) is 18.3. The van der Waals surface area contributed by atoms with Crippen LogP contribution in [-0.2, 0) is 0 Å². The van der Waals surface area contributed by atoms with E-state index in [0.717, 1.165) is 26.1 Å². The van der Waals surface area contributed by atoms with Gasteiger partial charge >= 0.3 is 5.69 Å². The van der Waals surface area contributed by atoms with Crippen molar-refractivity contribution in [3.05, 3.63) is 28.3 Å². The lowest BCUT2D eigenvalue weighted by Gasteiger charge is -2.29. The Morgan fingerprint density at radius 1 is 1.58 bits per heavy atom. The van der Waals surface area contributed by atoms with E-state index in [-0.39, 0.29) is 10.6 Å². The van der Waals surface area contributed by atoms with Crippen LogP contribution in [0, 0.1) is 10.1 Å². The first-order valence-corrected chi connectivity index (χ1v) is 6.47. The topological polar surface area (TPSA) is 67.6 Å². The smallest absolute Gasteiger partial charge is 0.333 e. The van der Waals surface area contributed by atoms with Gasteiger partial charge in [0.1, 0.15) is 5.69 Å². The molecule has 1 fully saturated rings. The van der Waals surface area contributed by atoms with Crippen LogP contribution in [0.4, 0.5) is 11.4 Å². The molecule has 1 unspecified atom stereocenters. The summed E-state index contributed by atoms with van der Waals surface area (Å²) in [6, 6.07) is 5.52. The van der Waals surface area contributed by atoms with Crippen molar-refractivity contribution in [3.8, 4) is 5.75 Å². The van der Waals surface area contributed by atoms with Crippen LogP contribution in [0.15, 0.2) is 18.2 Å². The minimum atomic E-state index is -0.362. The molecule has 19 heavy (non-hydrogen) atoms. The molecule has 0 saturated carbocycles. The Morgan fingerprint density at radius 3 is 2.89 bits per heavy atom. The zero-order valence-corrected chi connectivity index (χ0v) is 11.3. The van der Waals surface area contributed by atoms with Crippen LogP contribution in [-0.4, -0.2) is 37.7 Å². The highest BCUT2D eigenvalue weighted by Crippen LogP contribution is 2.38. The van der Waals surface area contributed by atoms with Crippen molar-refractivity contribution in [1.82, 2.24) is 5.32 Å². The summed E-state index contributed by atoms with van der Waals surface area (Å²) in [7, 11) is 1.46. The molecule has 0 aliphatic carbocycles. The highest BCUT2D eigenvalue weighted by molar-refractivity contribution is 5.70. The number of rotatable bonds is 5. The van der Waals surface area contributed by atoms with Crippen LogP contribution in [0.25, 0.3) is 0 Å². The molecule has 1 heterocycles. The van der Waals surface area contributed by atoms with Gasteiger partial charge in [0.15, 0.2) is 5.75 Å². The predicted octanol–water partition coefficient (Wildman–Crippen LogP) is 1.79. The van der Waals surface area contributed by atoms with Gasteiger partial charge in [-0.2, -0.15) is 0 Å². The van der Waals surface area contributed by atoms with Gasteiger partial charge in [0.2, 0.25) is 0 Å². The Hall–Kier alpha value is -1.82. The molecule has 1 atom stereocenters. The summed E-state index contributed by atoms with van der Waals surface area (Å²) in [5.74, 6) is 0.312. The standard InChI is InChI=1S/C13H19N3O3/c1-3-15(10-7-8-14-9-10)11-5-4-6-12(19-2)13(11)16(17)18/h4-6,10,14H,3,7-9H2,1-2H3. The molecule has 1 aliphatic rings. The zero-order chi connectivity index (χ0) is 13.8. The number of nitro benzene ring substituents is 1. The number of benzene rings is 1. The number of nitrogens with zero attached hydrogens (tertiary/aromatic N) is 2. The molecular formula is C13H19N3O3. The van der Waals surface area contributed by atoms with Gasteiger partial charge in [-0.15, -0.1) is 0 Å². The number of hydrogen-bond donors (Lipinski definition) is 1. The number of nitrogens with one attached hydrogen (secondary N) is 1. The van der Waals surface area contributed by atoms with Crippen molar-refractivity contribution >= 4 is 11.4 Å². The summed E-state index contributed by atoms with van der Waals surface area (Å²) in [6.45, 7) is 4.57. The average molecular weight is 265 g/mol. The molecule has 2 rings (SSSR count). The van der Waals surface area contributed by atoms with E-state index in [0.29, 0.717) is 17.5 Å². The third kappa shape index (κ3) is 2.63. The minimum Gasteiger partial charge on any atom is -0.490 e. The number of likely N-dealkylation sites (N-methyl/N-ethyl adjacent to an activating group) is 1. The Balaban J connectivity index is 2.43. The fourth-order valence-corrected chi connectivity index (χ4v) is 2.62. The van der Waals surface area contributed by atoms with Gasteiger partial charge in [0.25, 0.3) is 0 Å². The molecule has 1 aliphatic heterocycles. The van der Waals surface area contributed by atoms with Gasteiger partial charge in [-0.05, 0) is 32.0 Å². The summed E-state index contributed by atoms with van der Waals surface area (Å²) >= 11 is 0. The van der Waals surface area contributed by atoms with Crippen LogP contribution < -0.4 is 15.0 Å². The van der Waals surface area contributed by atoms with Crippen LogP contribution in [0.3, 0.4) is 0 Å². The maximum atomic E-state index is 11.3. The van der Waals surface area contributed by atoms with Crippen LogP contribution >= 0.6 is 0 Å². The molecular weight excluding hydrogens is 246 g/mol. The van der Waals surface area contributed by atoms with E-state index in [1.54, 1.807) is 18.2 Å². The number of methoxy groups -OCH3 is 1. The molecule has 0 bridgehead atoms. The number of ether oxygens (including phenoxy) is 1. The molecule has 0 amide bonds. The van der Waals surface area contributed by atoms with Gasteiger partial charge in [-0.25, -0.2) is 0 Å². The molecule has 1 N–H and O–H groups in total. The van der Waals surface area contributed by atoms with Gasteiger partial charge in [-0.1, -0.05) is 6.07 Å². The molecule has 6 heteroatoms. The number of hydrogen-bond acceptors (Lipinski definition) is 5. The quantitative estimate of drug-likeness (QED) is 0.649.